The third-order valence-corrected chi connectivity index (χ3v) is 21.8. The molecule has 0 aliphatic heterocycles. The third-order valence-electron chi connectivity index (χ3n) is 6.16. The van der Waals surface area contributed by atoms with Gasteiger partial charge in [-0.15, -0.1) is 0 Å². The molecule has 0 saturated heterocycles. The van der Waals surface area contributed by atoms with Gasteiger partial charge < -0.3 is 0 Å². The number of benzene rings is 2. The van der Waals surface area contributed by atoms with Crippen LogP contribution in [0, 0.1) is 0 Å². The SMILES string of the molecule is CCC[CH2][Sn]([CH2]CCC)([CH2]CCC)[c]1cccc(-c2nc3ccccc3[nH]2)c1. The van der Waals surface area contributed by atoms with Crippen molar-refractivity contribution in [2.45, 2.75) is 72.6 Å². The molecule has 3 rings (SSSR count). The Morgan fingerprint density at radius 3 is 2.04 bits per heavy atom. The van der Waals surface area contributed by atoms with Crippen molar-refractivity contribution in [2.75, 3.05) is 0 Å². The minimum absolute atomic E-state index is 1.02. The van der Waals surface area contributed by atoms with Crippen LogP contribution in [0.25, 0.3) is 22.4 Å². The van der Waals surface area contributed by atoms with Crippen molar-refractivity contribution in [2.24, 2.45) is 0 Å². The summed E-state index contributed by atoms with van der Waals surface area (Å²) in [6.45, 7) is 7.04. The van der Waals surface area contributed by atoms with Gasteiger partial charge >= 0.3 is 175 Å². The van der Waals surface area contributed by atoms with E-state index < -0.39 is 18.4 Å². The normalized spacial score (nSPS) is 12.0. The van der Waals surface area contributed by atoms with Crippen molar-refractivity contribution < 1.29 is 0 Å². The molecule has 28 heavy (non-hydrogen) atoms. The standard InChI is InChI=1S/C13H9N2.3C4H9.Sn/c1-2-6-10(7-3-1)13-14-11-8-4-5-9-12(11)15-13;3*1-3-4-2;/h1-2,4-9H,(H,14,15);3*1,3-4H2,2H3;. The number of para-hydroxylation sites is 2. The van der Waals surface area contributed by atoms with E-state index in [4.69, 9.17) is 4.98 Å². The maximum atomic E-state index is 4.86. The molecule has 1 aromatic heterocycles. The number of nitrogens with zero attached hydrogens (tertiary/aromatic N) is 1. The van der Waals surface area contributed by atoms with E-state index in [1.54, 1.807) is 3.58 Å². The molecule has 150 valence electrons. The second kappa shape index (κ2) is 10.5. The number of aromatic amines is 1. The summed E-state index contributed by atoms with van der Waals surface area (Å²) in [5, 5.41) is 0. The van der Waals surface area contributed by atoms with Crippen LogP contribution in [-0.2, 0) is 0 Å². The molecule has 0 aliphatic rings. The van der Waals surface area contributed by atoms with Crippen LogP contribution in [0.15, 0.2) is 48.5 Å². The first-order valence-corrected chi connectivity index (χ1v) is 18.8. The number of aromatic nitrogens is 2. The van der Waals surface area contributed by atoms with Gasteiger partial charge in [0.1, 0.15) is 0 Å². The van der Waals surface area contributed by atoms with Crippen LogP contribution in [0.2, 0.25) is 13.3 Å². The summed E-state index contributed by atoms with van der Waals surface area (Å²) in [6, 6.07) is 17.8. The van der Waals surface area contributed by atoms with Gasteiger partial charge in [0, 0.05) is 0 Å². The van der Waals surface area contributed by atoms with Crippen LogP contribution < -0.4 is 3.58 Å². The molecule has 2 nitrogen and oxygen atoms in total. The predicted octanol–water partition coefficient (Wildman–Crippen LogP) is 7.29. The van der Waals surface area contributed by atoms with E-state index in [2.05, 4.69) is 74.3 Å². The zero-order chi connectivity index (χ0) is 19.8. The fraction of sp³-hybridized carbons (Fsp3) is 0.480. The molecule has 1 N–H and O–H groups in total. The quantitative estimate of drug-likeness (QED) is 0.285. The van der Waals surface area contributed by atoms with Gasteiger partial charge in [-0.05, 0) is 0 Å². The van der Waals surface area contributed by atoms with E-state index in [0.29, 0.717) is 0 Å². The minimum atomic E-state index is -2.40. The van der Waals surface area contributed by atoms with Gasteiger partial charge in [0.15, 0.2) is 0 Å². The molecule has 0 unspecified atom stereocenters. The Kier molecular flexibility index (Phi) is 8.01. The van der Waals surface area contributed by atoms with Crippen molar-refractivity contribution >= 4 is 33.0 Å². The summed E-state index contributed by atoms with van der Waals surface area (Å²) in [5.74, 6) is 1.02. The van der Waals surface area contributed by atoms with Crippen molar-refractivity contribution in [1.82, 2.24) is 9.97 Å². The molecule has 0 fully saturated rings. The molecule has 1 heterocycles. The second-order valence-corrected chi connectivity index (χ2v) is 21.5. The molecule has 0 saturated carbocycles. The Morgan fingerprint density at radius 2 is 1.43 bits per heavy atom. The number of nitrogens with one attached hydrogen (secondary N) is 1. The average molecular weight is 483 g/mol. The Bertz CT molecular complexity index is 813. The van der Waals surface area contributed by atoms with Gasteiger partial charge in [0.25, 0.3) is 0 Å². The molecule has 0 atom stereocenters. The summed E-state index contributed by atoms with van der Waals surface area (Å²) in [5.41, 5.74) is 3.44. The van der Waals surface area contributed by atoms with Crippen LogP contribution in [0.5, 0.6) is 0 Å². The van der Waals surface area contributed by atoms with Crippen molar-refractivity contribution in [3.63, 3.8) is 0 Å². The molecular formula is C25H36N2Sn. The number of hydrogen-bond acceptors (Lipinski definition) is 1. The molecule has 0 bridgehead atoms. The van der Waals surface area contributed by atoms with Gasteiger partial charge in [-0.3, -0.25) is 0 Å². The molecule has 0 spiro atoms. The molecule has 3 heteroatoms. The summed E-state index contributed by atoms with van der Waals surface area (Å²) in [7, 11) is 0. The number of fused-ring (bicyclic) bond motifs is 1. The zero-order valence-electron chi connectivity index (χ0n) is 17.9. The van der Waals surface area contributed by atoms with E-state index in [1.165, 1.54) is 57.4 Å². The van der Waals surface area contributed by atoms with E-state index in [1.807, 2.05) is 0 Å². The maximum absolute atomic E-state index is 4.86. The molecule has 0 radical (unpaired) electrons. The Morgan fingerprint density at radius 1 is 0.786 bits per heavy atom. The summed E-state index contributed by atoms with van der Waals surface area (Å²) in [4.78, 5) is 8.39. The van der Waals surface area contributed by atoms with Crippen molar-refractivity contribution in [3.05, 3.63) is 48.5 Å². The van der Waals surface area contributed by atoms with Crippen LogP contribution in [0.1, 0.15) is 59.3 Å². The predicted molar refractivity (Wildman–Crippen MR) is 126 cm³/mol. The Hall–Kier alpha value is -1.29. The van der Waals surface area contributed by atoms with Crippen LogP contribution in [-0.4, -0.2) is 28.3 Å². The fourth-order valence-electron chi connectivity index (χ4n) is 4.44. The monoisotopic (exact) mass is 484 g/mol. The first kappa shape index (κ1) is 21.4. The second-order valence-electron chi connectivity index (χ2n) is 8.27. The topological polar surface area (TPSA) is 28.7 Å². The van der Waals surface area contributed by atoms with Crippen LogP contribution >= 0.6 is 0 Å². The molecule has 3 aromatic rings. The van der Waals surface area contributed by atoms with Crippen molar-refractivity contribution in [1.29, 1.82) is 0 Å². The Balaban J connectivity index is 2.00. The molecule has 0 amide bonds. The summed E-state index contributed by atoms with van der Waals surface area (Å²) >= 11 is -2.40. The van der Waals surface area contributed by atoms with Gasteiger partial charge in [-0.25, -0.2) is 0 Å². The zero-order valence-corrected chi connectivity index (χ0v) is 20.8. The Labute approximate surface area is 175 Å². The molecular weight excluding hydrogens is 447 g/mol. The third kappa shape index (κ3) is 5.00. The van der Waals surface area contributed by atoms with E-state index in [0.717, 1.165) is 16.9 Å². The first-order valence-electron chi connectivity index (χ1n) is 11.3. The number of hydrogen-bond donors (Lipinski definition) is 1. The van der Waals surface area contributed by atoms with Gasteiger partial charge in [-0.2, -0.15) is 0 Å². The molecule has 0 aliphatic carbocycles. The summed E-state index contributed by atoms with van der Waals surface area (Å²) in [6.07, 6.45) is 8.16. The first-order chi connectivity index (χ1) is 13.7. The van der Waals surface area contributed by atoms with Gasteiger partial charge in [0.05, 0.1) is 0 Å². The average Bonchev–Trinajstić information content (AvgIpc) is 3.18. The van der Waals surface area contributed by atoms with Crippen LogP contribution in [0.3, 0.4) is 0 Å². The number of rotatable bonds is 11. The number of unbranched alkanes of at least 4 members (excludes halogenated alkanes) is 3. The van der Waals surface area contributed by atoms with E-state index in [-0.39, 0.29) is 0 Å². The molecule has 2 aromatic carbocycles. The fourth-order valence-corrected chi connectivity index (χ4v) is 20.5. The number of H-pyrrole nitrogens is 1. The van der Waals surface area contributed by atoms with Crippen LogP contribution in [0.4, 0.5) is 0 Å². The van der Waals surface area contributed by atoms with E-state index >= 15 is 0 Å². The van der Waals surface area contributed by atoms with Gasteiger partial charge in [0.2, 0.25) is 0 Å². The number of imidazole rings is 1. The summed E-state index contributed by atoms with van der Waals surface area (Å²) < 4.78 is 6.25. The van der Waals surface area contributed by atoms with E-state index in [9.17, 15) is 0 Å². The van der Waals surface area contributed by atoms with Gasteiger partial charge in [-0.1, -0.05) is 0 Å². The van der Waals surface area contributed by atoms with Crippen molar-refractivity contribution in [3.8, 4) is 11.4 Å².